The van der Waals surface area contributed by atoms with Crippen LogP contribution in [0.2, 0.25) is 0 Å². The molecule has 0 aliphatic carbocycles. The monoisotopic (exact) mass is 362 g/mol. The van der Waals surface area contributed by atoms with E-state index in [2.05, 4.69) is 15.2 Å². The molecule has 1 aliphatic rings. The molecule has 0 unspecified atom stereocenters. The molecule has 0 radical (unpaired) electrons. The van der Waals surface area contributed by atoms with Crippen molar-refractivity contribution in [1.29, 1.82) is 0 Å². The van der Waals surface area contributed by atoms with E-state index in [1.165, 1.54) is 12.3 Å². The molecule has 0 spiro atoms. The molecule has 1 amide bonds. The predicted octanol–water partition coefficient (Wildman–Crippen LogP) is 1.51. The molecule has 1 saturated heterocycles. The molecule has 8 heteroatoms. The van der Waals surface area contributed by atoms with Crippen LogP contribution in [0, 0.1) is 5.82 Å². The van der Waals surface area contributed by atoms with E-state index in [4.69, 9.17) is 9.15 Å². The minimum Gasteiger partial charge on any atom is -0.447 e. The van der Waals surface area contributed by atoms with Gasteiger partial charge in [0.15, 0.2) is 5.69 Å². The highest BCUT2D eigenvalue weighted by atomic mass is 19.1. The van der Waals surface area contributed by atoms with Crippen molar-refractivity contribution < 1.29 is 18.3 Å². The number of anilines is 1. The van der Waals surface area contributed by atoms with E-state index in [-0.39, 0.29) is 17.4 Å². The number of aromatic nitrogens is 1. The van der Waals surface area contributed by atoms with Gasteiger partial charge in [-0.05, 0) is 12.1 Å². The van der Waals surface area contributed by atoms with Crippen molar-refractivity contribution in [3.8, 4) is 0 Å². The second-order valence-electron chi connectivity index (χ2n) is 6.09. The van der Waals surface area contributed by atoms with E-state index < -0.39 is 0 Å². The quantitative estimate of drug-likeness (QED) is 0.753. The van der Waals surface area contributed by atoms with E-state index in [0.29, 0.717) is 31.3 Å². The van der Waals surface area contributed by atoms with Crippen LogP contribution in [0.1, 0.15) is 16.4 Å². The summed E-state index contributed by atoms with van der Waals surface area (Å²) < 4.78 is 24.2. The van der Waals surface area contributed by atoms with Crippen molar-refractivity contribution in [3.05, 3.63) is 47.9 Å². The number of methoxy groups -OCH3 is 1. The molecule has 0 bridgehead atoms. The topological polar surface area (TPSA) is 70.8 Å². The number of oxazole rings is 1. The number of hydrogen-bond donors (Lipinski definition) is 1. The number of rotatable bonds is 7. The lowest BCUT2D eigenvalue weighted by Gasteiger charge is -2.35. The summed E-state index contributed by atoms with van der Waals surface area (Å²) in [7, 11) is 1.58. The van der Waals surface area contributed by atoms with Gasteiger partial charge in [-0.15, -0.1) is 0 Å². The molecule has 1 aromatic carbocycles. The van der Waals surface area contributed by atoms with Gasteiger partial charge < -0.3 is 19.4 Å². The molecule has 1 aliphatic heterocycles. The standard InChI is InChI=1S/C18H23FN4O3/c1-25-11-6-20-18(24)15-13-26-17(21-15)12-22-7-9-23(10-8-22)16-5-3-2-4-14(16)19/h2-5,13H,6-12H2,1H3,(H,20,24). The number of nitrogens with one attached hydrogen (secondary N) is 1. The van der Waals surface area contributed by atoms with Crippen LogP contribution in [-0.2, 0) is 11.3 Å². The number of para-hydroxylation sites is 1. The van der Waals surface area contributed by atoms with Crippen LogP contribution in [-0.4, -0.2) is 62.2 Å². The smallest absolute Gasteiger partial charge is 0.273 e. The SMILES string of the molecule is COCCNC(=O)c1coc(CN2CCN(c3ccccc3F)CC2)n1. The molecule has 3 rings (SSSR count). The van der Waals surface area contributed by atoms with Crippen LogP contribution >= 0.6 is 0 Å². The molecule has 140 valence electrons. The lowest BCUT2D eigenvalue weighted by Crippen LogP contribution is -2.46. The van der Waals surface area contributed by atoms with Crippen LogP contribution in [0.5, 0.6) is 0 Å². The van der Waals surface area contributed by atoms with Crippen molar-refractivity contribution >= 4 is 11.6 Å². The molecule has 2 heterocycles. The van der Waals surface area contributed by atoms with Gasteiger partial charge in [0.1, 0.15) is 12.1 Å². The molecule has 0 atom stereocenters. The van der Waals surface area contributed by atoms with Gasteiger partial charge >= 0.3 is 0 Å². The summed E-state index contributed by atoms with van der Waals surface area (Å²) in [6.45, 7) is 4.39. The Morgan fingerprint density at radius 3 is 2.81 bits per heavy atom. The fourth-order valence-electron chi connectivity index (χ4n) is 2.89. The number of piperazine rings is 1. The minimum absolute atomic E-state index is 0.197. The molecular weight excluding hydrogens is 339 g/mol. The summed E-state index contributed by atoms with van der Waals surface area (Å²) in [5.41, 5.74) is 0.902. The third-order valence-electron chi connectivity index (χ3n) is 4.30. The van der Waals surface area contributed by atoms with Crippen molar-refractivity contribution in [2.45, 2.75) is 6.54 Å². The highest BCUT2D eigenvalue weighted by Gasteiger charge is 2.21. The van der Waals surface area contributed by atoms with Gasteiger partial charge in [-0.1, -0.05) is 12.1 Å². The third-order valence-corrected chi connectivity index (χ3v) is 4.30. The van der Waals surface area contributed by atoms with Crippen molar-refractivity contribution in [2.75, 3.05) is 51.3 Å². The van der Waals surface area contributed by atoms with Gasteiger partial charge in [0.25, 0.3) is 5.91 Å². The fraction of sp³-hybridized carbons (Fsp3) is 0.444. The van der Waals surface area contributed by atoms with E-state index in [0.717, 1.165) is 26.2 Å². The van der Waals surface area contributed by atoms with Crippen LogP contribution < -0.4 is 10.2 Å². The molecule has 1 fully saturated rings. The van der Waals surface area contributed by atoms with Gasteiger partial charge in [0.2, 0.25) is 5.89 Å². The Labute approximate surface area is 151 Å². The number of carbonyl (C=O) groups excluding carboxylic acids is 1. The summed E-state index contributed by atoms with van der Waals surface area (Å²) >= 11 is 0. The second kappa shape index (κ2) is 8.77. The summed E-state index contributed by atoms with van der Waals surface area (Å²) in [5.74, 6) is 0.0282. The maximum absolute atomic E-state index is 13.9. The third kappa shape index (κ3) is 4.59. The number of halogens is 1. The van der Waals surface area contributed by atoms with Gasteiger partial charge in [0.05, 0.1) is 18.8 Å². The number of amides is 1. The zero-order valence-corrected chi connectivity index (χ0v) is 14.8. The molecular formula is C18H23FN4O3. The zero-order chi connectivity index (χ0) is 18.4. The first-order valence-electron chi connectivity index (χ1n) is 8.60. The first kappa shape index (κ1) is 18.3. The Bertz CT molecular complexity index is 729. The minimum atomic E-state index is -0.276. The lowest BCUT2D eigenvalue weighted by molar-refractivity contribution is 0.0932. The van der Waals surface area contributed by atoms with E-state index in [1.807, 2.05) is 11.0 Å². The number of hydrogen-bond acceptors (Lipinski definition) is 6. The Morgan fingerprint density at radius 1 is 1.31 bits per heavy atom. The Morgan fingerprint density at radius 2 is 2.08 bits per heavy atom. The second-order valence-corrected chi connectivity index (χ2v) is 6.09. The van der Waals surface area contributed by atoms with Crippen LogP contribution in [0.4, 0.5) is 10.1 Å². The van der Waals surface area contributed by atoms with Crippen molar-refractivity contribution in [2.24, 2.45) is 0 Å². The maximum Gasteiger partial charge on any atom is 0.273 e. The first-order chi connectivity index (χ1) is 12.7. The van der Waals surface area contributed by atoms with Gasteiger partial charge in [0, 0.05) is 39.8 Å². The van der Waals surface area contributed by atoms with E-state index in [9.17, 15) is 9.18 Å². The van der Waals surface area contributed by atoms with Crippen LogP contribution in [0.15, 0.2) is 34.9 Å². The number of nitrogens with zero attached hydrogens (tertiary/aromatic N) is 3. The summed E-state index contributed by atoms with van der Waals surface area (Å²) in [6.07, 6.45) is 1.37. The molecule has 7 nitrogen and oxygen atoms in total. The largest absolute Gasteiger partial charge is 0.447 e. The number of carbonyl (C=O) groups is 1. The predicted molar refractivity (Wildman–Crippen MR) is 94.6 cm³/mol. The van der Waals surface area contributed by atoms with Crippen LogP contribution in [0.25, 0.3) is 0 Å². The average molecular weight is 362 g/mol. The summed E-state index contributed by atoms with van der Waals surface area (Å²) in [6, 6.07) is 6.82. The molecule has 26 heavy (non-hydrogen) atoms. The van der Waals surface area contributed by atoms with Crippen molar-refractivity contribution in [3.63, 3.8) is 0 Å². The first-order valence-corrected chi connectivity index (χ1v) is 8.60. The normalized spacial score (nSPS) is 15.2. The van der Waals surface area contributed by atoms with Gasteiger partial charge in [-0.25, -0.2) is 9.37 Å². The van der Waals surface area contributed by atoms with Crippen molar-refractivity contribution in [1.82, 2.24) is 15.2 Å². The van der Waals surface area contributed by atoms with E-state index >= 15 is 0 Å². The van der Waals surface area contributed by atoms with E-state index in [1.54, 1.807) is 19.2 Å². The highest BCUT2D eigenvalue weighted by molar-refractivity contribution is 5.91. The van der Waals surface area contributed by atoms with Gasteiger partial charge in [-0.3, -0.25) is 9.69 Å². The Hall–Kier alpha value is -2.45. The fourth-order valence-corrected chi connectivity index (χ4v) is 2.89. The van der Waals surface area contributed by atoms with Gasteiger partial charge in [-0.2, -0.15) is 0 Å². The molecule has 1 aromatic heterocycles. The Balaban J connectivity index is 1.49. The summed E-state index contributed by atoms with van der Waals surface area (Å²) in [5, 5.41) is 2.70. The van der Waals surface area contributed by atoms with Crippen LogP contribution in [0.3, 0.4) is 0 Å². The lowest BCUT2D eigenvalue weighted by atomic mass is 10.2. The Kier molecular flexibility index (Phi) is 6.19. The molecule has 0 saturated carbocycles. The zero-order valence-electron chi connectivity index (χ0n) is 14.8. The highest BCUT2D eigenvalue weighted by Crippen LogP contribution is 2.20. The average Bonchev–Trinajstić information content (AvgIpc) is 3.12. The summed E-state index contributed by atoms with van der Waals surface area (Å²) in [4.78, 5) is 20.4. The number of ether oxygens (including phenoxy) is 1. The molecule has 2 aromatic rings. The number of benzene rings is 1. The molecule has 1 N–H and O–H groups in total. The maximum atomic E-state index is 13.9.